The lowest BCUT2D eigenvalue weighted by Crippen LogP contribution is -2.13. The van der Waals surface area contributed by atoms with Crippen LogP contribution in [0.15, 0.2) is 54.6 Å². The van der Waals surface area contributed by atoms with E-state index in [-0.39, 0.29) is 11.6 Å². The number of amides is 1. The van der Waals surface area contributed by atoms with E-state index >= 15 is 0 Å². The highest BCUT2D eigenvalue weighted by molar-refractivity contribution is 6.05. The molecular formula is C22H19N5O3. The Bertz CT molecular complexity index is 1290. The van der Waals surface area contributed by atoms with E-state index in [0.717, 1.165) is 22.3 Å². The van der Waals surface area contributed by atoms with Gasteiger partial charge in [-0.1, -0.05) is 17.7 Å². The predicted molar refractivity (Wildman–Crippen MR) is 114 cm³/mol. The van der Waals surface area contributed by atoms with Crippen molar-refractivity contribution in [2.24, 2.45) is 0 Å². The number of hydrogen-bond acceptors (Lipinski definition) is 5. The number of aromatic nitrogens is 3. The highest BCUT2D eigenvalue weighted by Crippen LogP contribution is 2.24. The number of hydrogen-bond donors (Lipinski definition) is 1. The number of nitrogens with zero attached hydrogens (tertiary/aromatic N) is 4. The molecule has 150 valence electrons. The zero-order valence-corrected chi connectivity index (χ0v) is 16.7. The Morgan fingerprint density at radius 3 is 2.23 bits per heavy atom. The monoisotopic (exact) mass is 401 g/mol. The largest absolute Gasteiger partial charge is 0.322 e. The normalized spacial score (nSPS) is 10.9. The number of carbonyl (C=O) groups is 1. The average molecular weight is 401 g/mol. The Labute approximate surface area is 172 Å². The van der Waals surface area contributed by atoms with E-state index in [9.17, 15) is 14.9 Å². The highest BCUT2D eigenvalue weighted by atomic mass is 16.6. The summed E-state index contributed by atoms with van der Waals surface area (Å²) in [4.78, 5) is 24.7. The Morgan fingerprint density at radius 1 is 0.933 bits per heavy atom. The molecule has 4 rings (SSSR count). The smallest absolute Gasteiger partial charge is 0.272 e. The fraction of sp³-hybridized carbons (Fsp3) is 0.136. The molecule has 0 aliphatic carbocycles. The Hall–Kier alpha value is -4.07. The van der Waals surface area contributed by atoms with Crippen molar-refractivity contribution in [3.05, 3.63) is 87.0 Å². The first-order chi connectivity index (χ1) is 14.3. The molecule has 1 aromatic heterocycles. The van der Waals surface area contributed by atoms with Gasteiger partial charge in [0.15, 0.2) is 0 Å². The van der Waals surface area contributed by atoms with Crippen LogP contribution in [0.4, 0.5) is 11.4 Å². The van der Waals surface area contributed by atoms with Gasteiger partial charge in [-0.25, -0.2) is 0 Å². The molecule has 0 saturated carbocycles. The number of nitro groups is 1. The van der Waals surface area contributed by atoms with Crippen LogP contribution in [0, 0.1) is 30.9 Å². The average Bonchev–Trinajstić information content (AvgIpc) is 3.11. The molecule has 0 bridgehead atoms. The second kappa shape index (κ2) is 7.40. The fourth-order valence-corrected chi connectivity index (χ4v) is 3.19. The van der Waals surface area contributed by atoms with E-state index in [1.54, 1.807) is 17.8 Å². The van der Waals surface area contributed by atoms with Gasteiger partial charge in [0, 0.05) is 22.9 Å². The Morgan fingerprint density at radius 2 is 1.60 bits per heavy atom. The molecule has 0 atom stereocenters. The molecule has 0 aliphatic rings. The number of benzene rings is 3. The van der Waals surface area contributed by atoms with Gasteiger partial charge >= 0.3 is 0 Å². The van der Waals surface area contributed by atoms with Gasteiger partial charge in [0.25, 0.3) is 11.6 Å². The van der Waals surface area contributed by atoms with Crippen molar-refractivity contribution in [3.8, 4) is 5.69 Å². The quantitative estimate of drug-likeness (QED) is 0.400. The number of rotatable bonds is 4. The Kier molecular flexibility index (Phi) is 4.75. The molecule has 8 nitrogen and oxygen atoms in total. The van der Waals surface area contributed by atoms with Gasteiger partial charge in [0.2, 0.25) is 0 Å². The molecule has 4 aromatic rings. The molecule has 3 aromatic carbocycles. The number of anilines is 1. The van der Waals surface area contributed by atoms with E-state index in [1.807, 2.05) is 44.2 Å². The lowest BCUT2D eigenvalue weighted by Gasteiger charge is -2.09. The van der Waals surface area contributed by atoms with Crippen LogP contribution >= 0.6 is 0 Å². The minimum atomic E-state index is -0.466. The molecular weight excluding hydrogens is 382 g/mol. The molecule has 0 aliphatic heterocycles. The van der Waals surface area contributed by atoms with Crippen LogP contribution in [-0.2, 0) is 0 Å². The fourth-order valence-electron chi connectivity index (χ4n) is 3.19. The molecule has 8 heteroatoms. The number of aryl methyl sites for hydroxylation is 3. The zero-order valence-electron chi connectivity index (χ0n) is 16.7. The van der Waals surface area contributed by atoms with Gasteiger partial charge in [-0.2, -0.15) is 4.80 Å². The zero-order chi connectivity index (χ0) is 21.4. The predicted octanol–water partition coefficient (Wildman–Crippen LogP) is 4.51. The van der Waals surface area contributed by atoms with Gasteiger partial charge < -0.3 is 5.32 Å². The lowest BCUT2D eigenvalue weighted by atomic mass is 10.1. The summed E-state index contributed by atoms with van der Waals surface area (Å²) < 4.78 is 0. The van der Waals surface area contributed by atoms with Crippen LogP contribution < -0.4 is 5.32 Å². The van der Waals surface area contributed by atoms with E-state index in [2.05, 4.69) is 15.5 Å². The molecule has 0 unspecified atom stereocenters. The van der Waals surface area contributed by atoms with Gasteiger partial charge in [-0.15, -0.1) is 10.2 Å². The van der Waals surface area contributed by atoms with Crippen LogP contribution in [0.1, 0.15) is 27.0 Å². The summed E-state index contributed by atoms with van der Waals surface area (Å²) in [5.41, 5.74) is 5.58. The summed E-state index contributed by atoms with van der Waals surface area (Å²) in [5, 5.41) is 22.9. The van der Waals surface area contributed by atoms with Crippen LogP contribution in [-0.4, -0.2) is 25.8 Å². The van der Waals surface area contributed by atoms with Crippen molar-refractivity contribution in [1.29, 1.82) is 0 Å². The van der Waals surface area contributed by atoms with E-state index in [1.165, 1.54) is 18.2 Å². The second-order valence-corrected chi connectivity index (χ2v) is 7.19. The van der Waals surface area contributed by atoms with Gasteiger partial charge in [0.05, 0.1) is 10.6 Å². The number of nitro benzene ring substituents is 1. The molecule has 1 amide bonds. The molecule has 30 heavy (non-hydrogen) atoms. The van der Waals surface area contributed by atoms with Crippen LogP contribution in [0.5, 0.6) is 0 Å². The SMILES string of the molecule is Cc1ccc(-n2nc3cc(C)c(NC(=O)c4ccc([N+](=O)[O-])c(C)c4)cc3n2)cc1. The maximum atomic E-state index is 12.7. The van der Waals surface area contributed by atoms with Crippen molar-refractivity contribution in [2.75, 3.05) is 5.32 Å². The summed E-state index contributed by atoms with van der Waals surface area (Å²) >= 11 is 0. The van der Waals surface area contributed by atoms with Crippen molar-refractivity contribution in [2.45, 2.75) is 20.8 Å². The number of fused-ring (bicyclic) bond motifs is 1. The molecule has 0 spiro atoms. The molecule has 0 radical (unpaired) electrons. The summed E-state index contributed by atoms with van der Waals surface area (Å²) in [6.45, 7) is 5.50. The van der Waals surface area contributed by atoms with Gasteiger partial charge in [-0.3, -0.25) is 14.9 Å². The summed E-state index contributed by atoms with van der Waals surface area (Å²) in [6, 6.07) is 15.8. The van der Waals surface area contributed by atoms with Gasteiger partial charge in [-0.05, 0) is 62.7 Å². The number of nitrogens with one attached hydrogen (secondary N) is 1. The maximum Gasteiger partial charge on any atom is 0.272 e. The molecule has 0 fully saturated rings. The van der Waals surface area contributed by atoms with Crippen molar-refractivity contribution in [1.82, 2.24) is 15.0 Å². The Balaban J connectivity index is 1.63. The van der Waals surface area contributed by atoms with Crippen LogP contribution in [0.3, 0.4) is 0 Å². The first kappa shape index (κ1) is 19.3. The molecule has 0 saturated heterocycles. The number of carbonyl (C=O) groups excluding carboxylic acids is 1. The first-order valence-electron chi connectivity index (χ1n) is 9.33. The topological polar surface area (TPSA) is 103 Å². The highest BCUT2D eigenvalue weighted by Gasteiger charge is 2.15. The second-order valence-electron chi connectivity index (χ2n) is 7.19. The summed E-state index contributed by atoms with van der Waals surface area (Å²) in [5.74, 6) is -0.346. The first-order valence-corrected chi connectivity index (χ1v) is 9.33. The standard InChI is InChI=1S/C22H19N5O3/c1-13-4-7-17(8-5-13)26-24-19-11-14(2)18(12-20(19)25-26)23-22(28)16-6-9-21(27(29)30)15(3)10-16/h4-12H,1-3H3,(H,23,28). The van der Waals surface area contributed by atoms with Crippen LogP contribution in [0.25, 0.3) is 16.7 Å². The lowest BCUT2D eigenvalue weighted by molar-refractivity contribution is -0.385. The third kappa shape index (κ3) is 3.62. The molecule has 1 N–H and O–H groups in total. The molecule has 1 heterocycles. The summed E-state index contributed by atoms with van der Waals surface area (Å²) in [6.07, 6.45) is 0. The third-order valence-electron chi connectivity index (χ3n) is 4.90. The maximum absolute atomic E-state index is 12.7. The minimum Gasteiger partial charge on any atom is -0.322 e. The van der Waals surface area contributed by atoms with E-state index < -0.39 is 4.92 Å². The van der Waals surface area contributed by atoms with Gasteiger partial charge in [0.1, 0.15) is 11.0 Å². The third-order valence-corrected chi connectivity index (χ3v) is 4.90. The van der Waals surface area contributed by atoms with Crippen molar-refractivity contribution < 1.29 is 9.72 Å². The summed E-state index contributed by atoms with van der Waals surface area (Å²) in [7, 11) is 0. The van der Waals surface area contributed by atoms with E-state index in [0.29, 0.717) is 22.3 Å². The van der Waals surface area contributed by atoms with Crippen LogP contribution in [0.2, 0.25) is 0 Å². The van der Waals surface area contributed by atoms with Crippen molar-refractivity contribution >= 4 is 28.3 Å². The van der Waals surface area contributed by atoms with E-state index in [4.69, 9.17) is 0 Å². The van der Waals surface area contributed by atoms with Crippen molar-refractivity contribution in [3.63, 3.8) is 0 Å². The minimum absolute atomic E-state index is 0.0168.